The second kappa shape index (κ2) is 6.72. The van der Waals surface area contributed by atoms with Crippen LogP contribution >= 0.6 is 23.2 Å². The number of anilines is 1. The van der Waals surface area contributed by atoms with Crippen LogP contribution in [0.4, 0.5) is 10.5 Å². The van der Waals surface area contributed by atoms with E-state index in [4.69, 9.17) is 23.2 Å². The van der Waals surface area contributed by atoms with Gasteiger partial charge in [0.1, 0.15) is 0 Å². The van der Waals surface area contributed by atoms with E-state index < -0.39 is 0 Å². The molecule has 0 saturated carbocycles. The highest BCUT2D eigenvalue weighted by Gasteiger charge is 2.10. The molecule has 1 aromatic rings. The zero-order chi connectivity index (χ0) is 12.8. The van der Waals surface area contributed by atoms with Crippen molar-refractivity contribution in [3.63, 3.8) is 0 Å². The van der Waals surface area contributed by atoms with Crippen molar-refractivity contribution in [1.29, 1.82) is 0 Å². The largest absolute Gasteiger partial charge is 0.328 e. The fourth-order valence-corrected chi connectivity index (χ4v) is 1.64. The maximum absolute atomic E-state index is 11.8. The molecular formula is C12H16Cl2N2O. The summed E-state index contributed by atoms with van der Waals surface area (Å²) >= 11 is 11.8. The van der Waals surface area contributed by atoms with E-state index in [-0.39, 0.29) is 6.03 Å². The number of nitrogens with one attached hydrogen (secondary N) is 1. The van der Waals surface area contributed by atoms with E-state index in [1.165, 1.54) is 0 Å². The van der Waals surface area contributed by atoms with Gasteiger partial charge in [0.05, 0.1) is 10.7 Å². The van der Waals surface area contributed by atoms with E-state index >= 15 is 0 Å². The maximum atomic E-state index is 11.8. The number of carbonyl (C=O) groups is 1. The van der Waals surface area contributed by atoms with Gasteiger partial charge in [-0.2, -0.15) is 0 Å². The average molecular weight is 275 g/mol. The van der Waals surface area contributed by atoms with E-state index in [1.54, 1.807) is 30.1 Å². The smallest absolute Gasteiger partial charge is 0.321 e. The van der Waals surface area contributed by atoms with E-state index in [2.05, 4.69) is 12.2 Å². The molecule has 1 N–H and O–H groups in total. The first kappa shape index (κ1) is 14.1. The molecule has 0 bridgehead atoms. The number of carbonyl (C=O) groups excluding carboxylic acids is 1. The molecule has 0 fully saturated rings. The van der Waals surface area contributed by atoms with Crippen LogP contribution in [0.2, 0.25) is 10.0 Å². The fourth-order valence-electron chi connectivity index (χ4n) is 1.30. The molecule has 17 heavy (non-hydrogen) atoms. The maximum Gasteiger partial charge on any atom is 0.321 e. The first-order chi connectivity index (χ1) is 8.04. The fraction of sp³-hybridized carbons (Fsp3) is 0.417. The van der Waals surface area contributed by atoms with Gasteiger partial charge in [-0.3, -0.25) is 0 Å². The van der Waals surface area contributed by atoms with Crippen molar-refractivity contribution >= 4 is 34.9 Å². The highest BCUT2D eigenvalue weighted by Crippen LogP contribution is 2.25. The lowest BCUT2D eigenvalue weighted by molar-refractivity contribution is 0.222. The Morgan fingerprint density at radius 1 is 1.41 bits per heavy atom. The quantitative estimate of drug-likeness (QED) is 0.875. The molecule has 3 nitrogen and oxygen atoms in total. The van der Waals surface area contributed by atoms with Crippen molar-refractivity contribution in [2.45, 2.75) is 19.8 Å². The third-order valence-electron chi connectivity index (χ3n) is 2.36. The predicted molar refractivity (Wildman–Crippen MR) is 73.0 cm³/mol. The number of unbranched alkanes of at least 4 members (excludes halogenated alkanes) is 1. The summed E-state index contributed by atoms with van der Waals surface area (Å²) in [5.74, 6) is 0. The van der Waals surface area contributed by atoms with Crippen LogP contribution in [-0.2, 0) is 0 Å². The van der Waals surface area contributed by atoms with E-state index in [9.17, 15) is 4.79 Å². The van der Waals surface area contributed by atoms with Crippen LogP contribution in [0.5, 0.6) is 0 Å². The lowest BCUT2D eigenvalue weighted by atomic mass is 10.3. The Morgan fingerprint density at radius 3 is 2.76 bits per heavy atom. The first-order valence-electron chi connectivity index (χ1n) is 5.51. The zero-order valence-electron chi connectivity index (χ0n) is 9.96. The summed E-state index contributed by atoms with van der Waals surface area (Å²) in [5.41, 5.74) is 0.535. The monoisotopic (exact) mass is 274 g/mol. The molecule has 1 rings (SSSR count). The van der Waals surface area contributed by atoms with Crippen molar-refractivity contribution in [2.75, 3.05) is 18.9 Å². The Hall–Kier alpha value is -0.930. The first-order valence-corrected chi connectivity index (χ1v) is 6.27. The Balaban J connectivity index is 2.64. The van der Waals surface area contributed by atoms with Gasteiger partial charge in [-0.15, -0.1) is 0 Å². The second-order valence-corrected chi connectivity index (χ2v) is 4.67. The molecule has 0 unspecified atom stereocenters. The summed E-state index contributed by atoms with van der Waals surface area (Å²) in [5, 5.41) is 3.75. The van der Waals surface area contributed by atoms with Crippen molar-refractivity contribution in [2.24, 2.45) is 0 Å². The molecule has 0 atom stereocenters. The predicted octanol–water partition coefficient (Wildman–Crippen LogP) is 4.26. The van der Waals surface area contributed by atoms with Crippen LogP contribution in [0.15, 0.2) is 18.2 Å². The van der Waals surface area contributed by atoms with Crippen LogP contribution in [-0.4, -0.2) is 24.5 Å². The molecule has 0 aromatic heterocycles. The number of halogens is 2. The topological polar surface area (TPSA) is 32.3 Å². The molecule has 2 amide bonds. The minimum absolute atomic E-state index is 0.178. The molecule has 0 radical (unpaired) electrons. The normalized spacial score (nSPS) is 10.1. The number of urea groups is 1. The minimum atomic E-state index is -0.178. The Kier molecular flexibility index (Phi) is 5.59. The van der Waals surface area contributed by atoms with Crippen LogP contribution in [0.3, 0.4) is 0 Å². The summed E-state index contributed by atoms with van der Waals surface area (Å²) in [6, 6.07) is 4.80. The molecule has 0 aliphatic rings. The molecule has 0 heterocycles. The van der Waals surface area contributed by atoms with E-state index in [0.29, 0.717) is 15.7 Å². The van der Waals surface area contributed by atoms with Gasteiger partial charge in [0.15, 0.2) is 0 Å². The summed E-state index contributed by atoms with van der Waals surface area (Å²) in [7, 11) is 1.75. The summed E-state index contributed by atoms with van der Waals surface area (Å²) < 4.78 is 0. The molecule has 0 aliphatic carbocycles. The molecule has 94 valence electrons. The van der Waals surface area contributed by atoms with Gasteiger partial charge in [-0.05, 0) is 24.6 Å². The number of amides is 2. The third kappa shape index (κ3) is 4.44. The highest BCUT2D eigenvalue weighted by atomic mass is 35.5. The van der Waals surface area contributed by atoms with Crippen molar-refractivity contribution in [3.05, 3.63) is 28.2 Å². The summed E-state index contributed by atoms with van der Waals surface area (Å²) in [6.45, 7) is 2.81. The number of hydrogen-bond donors (Lipinski definition) is 1. The van der Waals surface area contributed by atoms with Crippen molar-refractivity contribution in [1.82, 2.24) is 4.90 Å². The zero-order valence-corrected chi connectivity index (χ0v) is 11.5. The molecule has 0 saturated heterocycles. The molecule has 0 aliphatic heterocycles. The molecule has 0 spiro atoms. The lowest BCUT2D eigenvalue weighted by Crippen LogP contribution is -2.32. The Morgan fingerprint density at radius 2 is 2.12 bits per heavy atom. The van der Waals surface area contributed by atoms with Crippen LogP contribution in [0.1, 0.15) is 19.8 Å². The number of benzene rings is 1. The van der Waals surface area contributed by atoms with Crippen molar-refractivity contribution < 1.29 is 4.79 Å². The van der Waals surface area contributed by atoms with Crippen LogP contribution < -0.4 is 5.32 Å². The van der Waals surface area contributed by atoms with Gasteiger partial charge in [0, 0.05) is 18.6 Å². The second-order valence-electron chi connectivity index (χ2n) is 3.83. The summed E-state index contributed by atoms with van der Waals surface area (Å²) in [6.07, 6.45) is 2.03. The third-order valence-corrected chi connectivity index (χ3v) is 2.93. The van der Waals surface area contributed by atoms with Crippen LogP contribution in [0.25, 0.3) is 0 Å². The molecular weight excluding hydrogens is 259 g/mol. The van der Waals surface area contributed by atoms with E-state index in [1.807, 2.05) is 0 Å². The van der Waals surface area contributed by atoms with Gasteiger partial charge < -0.3 is 10.2 Å². The van der Waals surface area contributed by atoms with Crippen molar-refractivity contribution in [3.8, 4) is 0 Å². The van der Waals surface area contributed by atoms with Gasteiger partial charge in [0.2, 0.25) is 0 Å². The van der Waals surface area contributed by atoms with Gasteiger partial charge >= 0.3 is 6.03 Å². The Labute approximate surface area is 112 Å². The molecule has 5 heteroatoms. The van der Waals surface area contributed by atoms with Gasteiger partial charge in [-0.25, -0.2) is 4.79 Å². The average Bonchev–Trinajstić information content (AvgIpc) is 2.30. The minimum Gasteiger partial charge on any atom is -0.328 e. The van der Waals surface area contributed by atoms with Gasteiger partial charge in [0.25, 0.3) is 0 Å². The number of hydrogen-bond acceptors (Lipinski definition) is 1. The molecule has 1 aromatic carbocycles. The summed E-state index contributed by atoms with van der Waals surface area (Å²) in [4.78, 5) is 13.4. The SMILES string of the molecule is CCCCN(C)C(=O)Nc1cc(Cl)ccc1Cl. The highest BCUT2D eigenvalue weighted by molar-refractivity contribution is 6.35. The van der Waals surface area contributed by atoms with E-state index in [0.717, 1.165) is 19.4 Å². The Bertz CT molecular complexity index is 396. The lowest BCUT2D eigenvalue weighted by Gasteiger charge is -2.18. The standard InChI is InChI=1S/C12H16Cl2N2O/c1-3-4-7-16(2)12(17)15-11-8-9(13)5-6-10(11)14/h5-6,8H,3-4,7H2,1-2H3,(H,15,17). The van der Waals surface area contributed by atoms with Crippen LogP contribution in [0, 0.1) is 0 Å². The number of nitrogens with zero attached hydrogens (tertiary/aromatic N) is 1. The van der Waals surface area contributed by atoms with Gasteiger partial charge in [-0.1, -0.05) is 36.5 Å². The number of rotatable bonds is 4.